The highest BCUT2D eigenvalue weighted by Crippen LogP contribution is 2.52. The van der Waals surface area contributed by atoms with E-state index in [1.54, 1.807) is 0 Å². The lowest BCUT2D eigenvalue weighted by molar-refractivity contribution is -0.135. The standard InChI is InChI=1S/C17H20O2/c1-12(19-15-6-4-3-5-7-15)16(18)17(2)11-13-8-9-14(17)10-13/h3-9,12-14H,10-11H2,1-2H3. The highest BCUT2D eigenvalue weighted by atomic mass is 16.5. The molecule has 3 rings (SSSR count). The second kappa shape index (κ2) is 4.52. The number of carbonyl (C=O) groups is 1. The fourth-order valence-corrected chi connectivity index (χ4v) is 3.60. The molecular weight excluding hydrogens is 236 g/mol. The van der Waals surface area contributed by atoms with E-state index >= 15 is 0 Å². The number of Topliss-reactive ketones (excluding diaryl/α,β-unsaturated/α-hetero) is 1. The van der Waals surface area contributed by atoms with Crippen molar-refractivity contribution in [3.8, 4) is 5.75 Å². The molecule has 0 N–H and O–H groups in total. The first-order chi connectivity index (χ1) is 9.09. The van der Waals surface area contributed by atoms with Gasteiger partial charge in [0.05, 0.1) is 0 Å². The highest BCUT2D eigenvalue weighted by molar-refractivity contribution is 5.89. The lowest BCUT2D eigenvalue weighted by Gasteiger charge is -2.32. The molecule has 0 heterocycles. The molecule has 1 aromatic rings. The Hall–Kier alpha value is -1.57. The van der Waals surface area contributed by atoms with Gasteiger partial charge in [0.25, 0.3) is 0 Å². The second-order valence-corrected chi connectivity index (χ2v) is 6.05. The predicted molar refractivity (Wildman–Crippen MR) is 75.0 cm³/mol. The van der Waals surface area contributed by atoms with E-state index in [9.17, 15) is 4.79 Å². The van der Waals surface area contributed by atoms with Gasteiger partial charge in [0.15, 0.2) is 11.9 Å². The maximum Gasteiger partial charge on any atom is 0.179 e. The fourth-order valence-electron chi connectivity index (χ4n) is 3.60. The van der Waals surface area contributed by atoms with E-state index in [1.165, 1.54) is 0 Å². The molecule has 0 radical (unpaired) electrons. The summed E-state index contributed by atoms with van der Waals surface area (Å²) in [6, 6.07) is 9.59. The molecule has 1 fully saturated rings. The van der Waals surface area contributed by atoms with E-state index in [4.69, 9.17) is 4.74 Å². The van der Waals surface area contributed by atoms with E-state index in [1.807, 2.05) is 37.3 Å². The molecule has 0 spiro atoms. The summed E-state index contributed by atoms with van der Waals surface area (Å²) in [7, 11) is 0. The number of carbonyl (C=O) groups excluding carboxylic acids is 1. The fraction of sp³-hybridized carbons (Fsp3) is 0.471. The first kappa shape index (κ1) is 12.5. The molecule has 100 valence electrons. The zero-order valence-electron chi connectivity index (χ0n) is 11.5. The smallest absolute Gasteiger partial charge is 0.179 e. The van der Waals surface area contributed by atoms with Gasteiger partial charge in [0, 0.05) is 5.41 Å². The number of rotatable bonds is 4. The van der Waals surface area contributed by atoms with Crippen LogP contribution < -0.4 is 4.74 Å². The minimum Gasteiger partial charge on any atom is -0.483 e. The summed E-state index contributed by atoms with van der Waals surface area (Å²) in [5.74, 6) is 2.02. The van der Waals surface area contributed by atoms with E-state index < -0.39 is 0 Å². The van der Waals surface area contributed by atoms with Crippen molar-refractivity contribution in [1.82, 2.24) is 0 Å². The molecule has 1 saturated carbocycles. The van der Waals surface area contributed by atoms with Crippen molar-refractivity contribution in [1.29, 1.82) is 0 Å². The second-order valence-electron chi connectivity index (χ2n) is 6.05. The molecule has 0 amide bonds. The Kier molecular flexibility index (Phi) is 2.96. The van der Waals surface area contributed by atoms with Crippen molar-refractivity contribution in [3.63, 3.8) is 0 Å². The van der Waals surface area contributed by atoms with Gasteiger partial charge in [0.1, 0.15) is 5.75 Å². The van der Waals surface area contributed by atoms with Gasteiger partial charge in [-0.15, -0.1) is 0 Å². The third-order valence-corrected chi connectivity index (χ3v) is 4.67. The topological polar surface area (TPSA) is 26.3 Å². The summed E-state index contributed by atoms with van der Waals surface area (Å²) in [4.78, 5) is 12.7. The van der Waals surface area contributed by atoms with Crippen LogP contribution in [-0.4, -0.2) is 11.9 Å². The number of ether oxygens (including phenoxy) is 1. The van der Waals surface area contributed by atoms with Crippen LogP contribution in [0.15, 0.2) is 42.5 Å². The van der Waals surface area contributed by atoms with Gasteiger partial charge < -0.3 is 4.74 Å². The molecule has 0 aromatic heterocycles. The molecule has 2 aliphatic carbocycles. The van der Waals surface area contributed by atoms with Crippen LogP contribution in [0.5, 0.6) is 5.75 Å². The van der Waals surface area contributed by atoms with Gasteiger partial charge in [-0.3, -0.25) is 4.79 Å². The summed E-state index contributed by atoms with van der Waals surface area (Å²) >= 11 is 0. The third kappa shape index (κ3) is 2.09. The molecule has 2 aliphatic rings. The van der Waals surface area contributed by atoms with Crippen molar-refractivity contribution in [2.24, 2.45) is 17.3 Å². The van der Waals surface area contributed by atoms with E-state index in [2.05, 4.69) is 19.1 Å². The Morgan fingerprint density at radius 3 is 2.63 bits per heavy atom. The molecule has 0 saturated heterocycles. The quantitative estimate of drug-likeness (QED) is 0.769. The molecule has 4 atom stereocenters. The number of hydrogen-bond acceptors (Lipinski definition) is 2. The molecular formula is C17H20O2. The van der Waals surface area contributed by atoms with Gasteiger partial charge >= 0.3 is 0 Å². The molecule has 1 aromatic carbocycles. The Morgan fingerprint density at radius 1 is 1.32 bits per heavy atom. The number of hydrogen-bond donors (Lipinski definition) is 0. The van der Waals surface area contributed by atoms with Crippen LogP contribution >= 0.6 is 0 Å². The normalized spacial score (nSPS) is 33.4. The van der Waals surface area contributed by atoms with Crippen LogP contribution in [0.4, 0.5) is 0 Å². The van der Waals surface area contributed by atoms with Crippen LogP contribution in [0.3, 0.4) is 0 Å². The number of ketones is 1. The Balaban J connectivity index is 1.72. The van der Waals surface area contributed by atoms with Crippen molar-refractivity contribution in [3.05, 3.63) is 42.5 Å². The van der Waals surface area contributed by atoms with Crippen molar-refractivity contribution >= 4 is 5.78 Å². The van der Waals surface area contributed by atoms with Gasteiger partial charge in [-0.2, -0.15) is 0 Å². The van der Waals surface area contributed by atoms with Crippen LogP contribution in [0.25, 0.3) is 0 Å². The van der Waals surface area contributed by atoms with Gasteiger partial charge in [-0.1, -0.05) is 37.3 Å². The largest absolute Gasteiger partial charge is 0.483 e. The average molecular weight is 256 g/mol. The maximum absolute atomic E-state index is 12.7. The van der Waals surface area contributed by atoms with Gasteiger partial charge in [-0.25, -0.2) is 0 Å². The van der Waals surface area contributed by atoms with Crippen molar-refractivity contribution in [2.45, 2.75) is 32.8 Å². The van der Waals surface area contributed by atoms with Gasteiger partial charge in [0.2, 0.25) is 0 Å². The lowest BCUT2D eigenvalue weighted by Crippen LogP contribution is -2.40. The molecule has 2 nitrogen and oxygen atoms in total. The summed E-state index contributed by atoms with van der Waals surface area (Å²) in [5.41, 5.74) is -0.229. The van der Waals surface area contributed by atoms with E-state index in [-0.39, 0.29) is 17.3 Å². The molecule has 4 unspecified atom stereocenters. The molecule has 2 bridgehead atoms. The highest BCUT2D eigenvalue weighted by Gasteiger charge is 2.51. The van der Waals surface area contributed by atoms with Crippen LogP contribution in [0.2, 0.25) is 0 Å². The first-order valence-electron chi connectivity index (χ1n) is 7.04. The van der Waals surface area contributed by atoms with Crippen molar-refractivity contribution in [2.75, 3.05) is 0 Å². The summed E-state index contributed by atoms with van der Waals surface area (Å²) < 4.78 is 5.79. The van der Waals surface area contributed by atoms with Crippen LogP contribution in [0.1, 0.15) is 26.7 Å². The number of benzene rings is 1. The molecule has 0 aliphatic heterocycles. The average Bonchev–Trinajstić information content (AvgIpc) is 2.99. The van der Waals surface area contributed by atoms with Gasteiger partial charge in [-0.05, 0) is 43.7 Å². The van der Waals surface area contributed by atoms with E-state index in [0.29, 0.717) is 11.8 Å². The summed E-state index contributed by atoms with van der Waals surface area (Å²) in [6.07, 6.45) is 6.24. The summed E-state index contributed by atoms with van der Waals surface area (Å²) in [6.45, 7) is 3.98. The summed E-state index contributed by atoms with van der Waals surface area (Å²) in [5, 5.41) is 0. The predicted octanol–water partition coefficient (Wildman–Crippen LogP) is 3.63. The Morgan fingerprint density at radius 2 is 2.05 bits per heavy atom. The van der Waals surface area contributed by atoms with Crippen LogP contribution in [-0.2, 0) is 4.79 Å². The minimum atomic E-state index is -0.375. The minimum absolute atomic E-state index is 0.229. The number of para-hydroxylation sites is 1. The van der Waals surface area contributed by atoms with Crippen molar-refractivity contribution < 1.29 is 9.53 Å². The molecule has 2 heteroatoms. The van der Waals surface area contributed by atoms with E-state index in [0.717, 1.165) is 18.6 Å². The number of allylic oxidation sites excluding steroid dienone is 2. The monoisotopic (exact) mass is 256 g/mol. The Labute approximate surface area is 114 Å². The first-order valence-corrected chi connectivity index (χ1v) is 7.04. The lowest BCUT2D eigenvalue weighted by atomic mass is 9.73. The van der Waals surface area contributed by atoms with Crippen LogP contribution in [0, 0.1) is 17.3 Å². The number of fused-ring (bicyclic) bond motifs is 2. The maximum atomic E-state index is 12.7. The Bertz CT molecular complexity index is 505. The SMILES string of the molecule is CC(Oc1ccccc1)C(=O)C1(C)CC2C=CC1C2. The zero-order chi connectivity index (χ0) is 13.5. The molecule has 19 heavy (non-hydrogen) atoms. The third-order valence-electron chi connectivity index (χ3n) is 4.67. The zero-order valence-corrected chi connectivity index (χ0v) is 11.5.